The third-order valence-electron chi connectivity index (χ3n) is 25.5. The molecule has 0 spiro atoms. The normalized spacial score (nSPS) is 51.3. The second-order valence-corrected chi connectivity index (χ2v) is 32.4. The number of hydrogen-bond donors (Lipinski definition) is 0. The van der Waals surface area contributed by atoms with E-state index in [1.165, 1.54) is 116 Å². The largest absolute Gasteiger partial charge is 0.0654 e. The van der Waals surface area contributed by atoms with Crippen LogP contribution in [0.5, 0.6) is 0 Å². The summed E-state index contributed by atoms with van der Waals surface area (Å²) in [6.45, 7) is 34.2. The molecular weight excluding hydrogens is 841 g/mol. The van der Waals surface area contributed by atoms with E-state index in [9.17, 15) is 0 Å². The number of fused-ring (bicyclic) bond motifs is 15. The number of rotatable bonds is 4. The van der Waals surface area contributed by atoms with Crippen molar-refractivity contribution in [1.29, 1.82) is 0 Å². The van der Waals surface area contributed by atoms with Gasteiger partial charge in [-0.1, -0.05) is 129 Å². The highest BCUT2D eigenvalue weighted by atomic mass is 14.5. The van der Waals surface area contributed by atoms with Crippen molar-refractivity contribution in [3.63, 3.8) is 0 Å². The molecule has 0 aromatic rings. The van der Waals surface area contributed by atoms with E-state index in [1.54, 1.807) is 77.0 Å². The van der Waals surface area contributed by atoms with E-state index in [0.717, 1.165) is 147 Å². The minimum Gasteiger partial charge on any atom is -0.0654 e. The lowest BCUT2D eigenvalue weighted by Crippen LogP contribution is -2.24. The van der Waals surface area contributed by atoms with Crippen molar-refractivity contribution in [2.75, 3.05) is 0 Å². The van der Waals surface area contributed by atoms with Gasteiger partial charge in [0.1, 0.15) is 0 Å². The van der Waals surface area contributed by atoms with Crippen molar-refractivity contribution < 1.29 is 0 Å². The molecule has 70 heavy (non-hydrogen) atoms. The lowest BCUT2D eigenvalue weighted by atomic mass is 9.72. The van der Waals surface area contributed by atoms with Crippen LogP contribution in [-0.2, 0) is 0 Å². The van der Waals surface area contributed by atoms with Crippen LogP contribution in [0.4, 0.5) is 0 Å². The molecule has 0 aromatic heterocycles. The molecule has 13 saturated carbocycles. The third kappa shape index (κ3) is 14.1. The van der Waals surface area contributed by atoms with Gasteiger partial charge in [0.15, 0.2) is 0 Å². The van der Waals surface area contributed by atoms with Gasteiger partial charge in [-0.3, -0.25) is 0 Å². The molecule has 13 fully saturated rings. The average molecular weight is 968 g/mol. The van der Waals surface area contributed by atoms with Crippen molar-refractivity contribution in [1.82, 2.24) is 0 Å². The molecule has 0 heteroatoms. The summed E-state index contributed by atoms with van der Waals surface area (Å²) in [6, 6.07) is 0. The first kappa shape index (κ1) is 56.2. The molecule has 0 aromatic carbocycles. The van der Waals surface area contributed by atoms with Gasteiger partial charge in [0, 0.05) is 0 Å². The lowest BCUT2D eigenvalue weighted by Gasteiger charge is -2.33. The molecule has 25 unspecified atom stereocenters. The zero-order valence-corrected chi connectivity index (χ0v) is 50.1. The van der Waals surface area contributed by atoms with E-state index in [4.69, 9.17) is 0 Å². The van der Waals surface area contributed by atoms with Crippen molar-refractivity contribution in [3.8, 4) is 0 Å². The second kappa shape index (κ2) is 24.6. The van der Waals surface area contributed by atoms with E-state index >= 15 is 0 Å². The molecule has 406 valence electrons. The third-order valence-corrected chi connectivity index (χ3v) is 25.5. The quantitative estimate of drug-likeness (QED) is 0.263. The molecule has 13 aliphatic carbocycles. The maximum Gasteiger partial charge on any atom is -0.0297 e. The Balaban J connectivity index is 0.000000113. The van der Waals surface area contributed by atoms with Crippen molar-refractivity contribution in [2.24, 2.45) is 153 Å². The summed E-state index contributed by atoms with van der Waals surface area (Å²) in [4.78, 5) is 0. The van der Waals surface area contributed by atoms with Gasteiger partial charge < -0.3 is 0 Å². The highest BCUT2D eigenvalue weighted by molar-refractivity contribution is 4.99. The molecule has 0 heterocycles. The molecular formula is C70H126. The fraction of sp³-hybridized carbons (Fsp3) is 1.00. The Labute approximate surface area is 440 Å². The highest BCUT2D eigenvalue weighted by Gasteiger charge is 2.49. The van der Waals surface area contributed by atoms with E-state index < -0.39 is 0 Å². The fourth-order valence-corrected chi connectivity index (χ4v) is 22.6. The van der Waals surface area contributed by atoms with E-state index in [1.807, 2.05) is 0 Å². The molecule has 0 radical (unpaired) electrons. The van der Waals surface area contributed by atoms with E-state index in [-0.39, 0.29) is 0 Å². The van der Waals surface area contributed by atoms with Gasteiger partial charge in [-0.25, -0.2) is 0 Å². The summed E-state index contributed by atoms with van der Waals surface area (Å²) < 4.78 is 0. The van der Waals surface area contributed by atoms with E-state index in [0.29, 0.717) is 5.41 Å². The topological polar surface area (TPSA) is 0 Å². The van der Waals surface area contributed by atoms with Crippen LogP contribution >= 0.6 is 0 Å². The molecule has 0 amide bonds. The molecule has 25 atom stereocenters. The maximum absolute atomic E-state index is 2.52. The zero-order valence-electron chi connectivity index (χ0n) is 50.1. The highest BCUT2D eigenvalue weighted by Crippen LogP contribution is 2.59. The Hall–Kier alpha value is 0. The predicted molar refractivity (Wildman–Crippen MR) is 307 cm³/mol. The van der Waals surface area contributed by atoms with Crippen LogP contribution in [-0.4, -0.2) is 0 Å². The standard InChI is InChI=1S/C14H24.2C12H22.2C11H20.C10H18/c1-9-3-4-13-11-5-10(2)6-12(8-11)14(13)7-9;1-4-12(3)8-10-5-9(2)6-11(12)7-10;1-3-4-11-7-10-5-9(2)6-12(11)8-10;1-8-4-9-6-10(5-8)11(2,3)7-9;1-3-10-6-9-4-8(2)5-11(10)7-9;1-7-3-9-5-8(2)10(4-7)6-9/h9-14H,3-8H2,1-2H3;9-11H,4-8H2,1-3H3;9-12H,3-8H2,1-2H3;8-10H,4-7H2,1-3H3;8-11H,3-7H2,1-2H3;7-10H,3-6H2,1-2H3. The van der Waals surface area contributed by atoms with Crippen LogP contribution in [0.2, 0.25) is 0 Å². The Bertz CT molecular complexity index is 1550. The minimum absolute atomic E-state index is 0.676. The smallest absolute Gasteiger partial charge is 0.0297 e. The van der Waals surface area contributed by atoms with Crippen LogP contribution in [0.1, 0.15) is 290 Å². The summed E-state index contributed by atoms with van der Waals surface area (Å²) in [5.74, 6) is 26.1. The van der Waals surface area contributed by atoms with E-state index in [2.05, 4.69) is 96.9 Å². The average Bonchev–Trinajstić information content (AvgIpc) is 4.05. The molecule has 13 aliphatic rings. The maximum atomic E-state index is 2.52. The SMILES string of the molecule is CC1CC2CC(C)C(C1)C2.CC1CC2CC(C1)C(C)(C)C2.CC1CC2CC(C1)C1CC(C)CCC21.CCC1(C)CC2CC(C)CC1C2.CCC1CC2CC(C)CC1C2.CCCC1CC2CC(C)CC1C2. The van der Waals surface area contributed by atoms with Crippen LogP contribution in [0.3, 0.4) is 0 Å². The molecule has 0 saturated heterocycles. The summed E-state index contributed by atoms with van der Waals surface area (Å²) >= 11 is 0. The van der Waals surface area contributed by atoms with Gasteiger partial charge in [-0.05, 0) is 313 Å². The van der Waals surface area contributed by atoms with Gasteiger partial charge in [0.2, 0.25) is 0 Å². The van der Waals surface area contributed by atoms with Crippen LogP contribution < -0.4 is 0 Å². The van der Waals surface area contributed by atoms with Crippen LogP contribution in [0.25, 0.3) is 0 Å². The Kier molecular flexibility index (Phi) is 19.7. The fourth-order valence-electron chi connectivity index (χ4n) is 22.6. The zero-order chi connectivity index (χ0) is 50.1. The van der Waals surface area contributed by atoms with Gasteiger partial charge in [0.05, 0.1) is 0 Å². The molecule has 13 rings (SSSR count). The van der Waals surface area contributed by atoms with Gasteiger partial charge in [-0.2, -0.15) is 0 Å². The Morgan fingerprint density at radius 3 is 1.40 bits per heavy atom. The molecule has 0 N–H and O–H groups in total. The first-order valence-corrected chi connectivity index (χ1v) is 33.3. The van der Waals surface area contributed by atoms with Crippen LogP contribution in [0, 0.1) is 153 Å². The predicted octanol–water partition coefficient (Wildman–Crippen LogP) is 21.8. The summed E-state index contributed by atoms with van der Waals surface area (Å²) in [7, 11) is 0. The number of hydrogen-bond acceptors (Lipinski definition) is 0. The Morgan fingerprint density at radius 1 is 0.343 bits per heavy atom. The summed E-state index contributed by atoms with van der Waals surface area (Å²) in [6.07, 6.45) is 45.9. The van der Waals surface area contributed by atoms with Crippen molar-refractivity contribution in [2.45, 2.75) is 290 Å². The van der Waals surface area contributed by atoms with Crippen molar-refractivity contribution >= 4 is 0 Å². The molecule has 0 aliphatic heterocycles. The first-order valence-electron chi connectivity index (χ1n) is 33.3. The Morgan fingerprint density at radius 2 is 0.814 bits per heavy atom. The molecule has 0 nitrogen and oxygen atoms in total. The van der Waals surface area contributed by atoms with Crippen LogP contribution in [0.15, 0.2) is 0 Å². The second-order valence-electron chi connectivity index (χ2n) is 32.4. The lowest BCUT2D eigenvalue weighted by molar-refractivity contribution is 0.170. The minimum atomic E-state index is 0.676. The summed E-state index contributed by atoms with van der Waals surface area (Å²) in [5.41, 5.74) is 1.39. The van der Waals surface area contributed by atoms with Gasteiger partial charge in [0.25, 0.3) is 0 Å². The molecule has 12 bridgehead atoms. The van der Waals surface area contributed by atoms with Crippen molar-refractivity contribution in [3.05, 3.63) is 0 Å². The monoisotopic (exact) mass is 967 g/mol. The summed E-state index contributed by atoms with van der Waals surface area (Å²) in [5, 5.41) is 0. The van der Waals surface area contributed by atoms with Gasteiger partial charge in [-0.15, -0.1) is 0 Å². The first-order chi connectivity index (χ1) is 33.3. The van der Waals surface area contributed by atoms with Gasteiger partial charge >= 0.3 is 0 Å².